The summed E-state index contributed by atoms with van der Waals surface area (Å²) >= 11 is 0. The third kappa shape index (κ3) is 1.73. The van der Waals surface area contributed by atoms with Crippen LogP contribution in [0.2, 0.25) is 0 Å². The maximum Gasteiger partial charge on any atom is 0.336 e. The van der Waals surface area contributed by atoms with E-state index >= 15 is 0 Å². The van der Waals surface area contributed by atoms with Crippen LogP contribution in [0.25, 0.3) is 21.9 Å². The zero-order valence-corrected chi connectivity index (χ0v) is 10.8. The van der Waals surface area contributed by atoms with Crippen LogP contribution in [-0.2, 0) is 4.79 Å². The van der Waals surface area contributed by atoms with Gasteiger partial charge in [-0.05, 0) is 12.1 Å². The van der Waals surface area contributed by atoms with Crippen LogP contribution in [0, 0.1) is 0 Å². The highest BCUT2D eigenvalue weighted by atomic mass is 16.5. The average molecular weight is 274 g/mol. The molecule has 0 atom stereocenters. The molecule has 0 saturated carbocycles. The molecule has 6 heteroatoms. The highest BCUT2D eigenvalue weighted by Crippen LogP contribution is 2.42. The number of fused-ring (bicyclic) bond motifs is 2. The second-order valence-electron chi connectivity index (χ2n) is 4.12. The molecule has 0 aliphatic rings. The number of benzene rings is 1. The van der Waals surface area contributed by atoms with E-state index in [9.17, 15) is 9.59 Å². The van der Waals surface area contributed by atoms with Crippen LogP contribution < -0.4 is 15.1 Å². The summed E-state index contributed by atoms with van der Waals surface area (Å²) in [6, 6.07) is 4.51. The zero-order valence-electron chi connectivity index (χ0n) is 10.8. The Balaban J connectivity index is 2.54. The molecule has 0 N–H and O–H groups in total. The number of furan rings is 1. The van der Waals surface area contributed by atoms with Crippen molar-refractivity contribution in [1.29, 1.82) is 0 Å². The lowest BCUT2D eigenvalue weighted by molar-refractivity contribution is -0.131. The molecule has 6 nitrogen and oxygen atoms in total. The normalized spacial score (nSPS) is 10.9. The molecule has 0 aliphatic carbocycles. The van der Waals surface area contributed by atoms with E-state index in [1.165, 1.54) is 26.4 Å². The van der Waals surface area contributed by atoms with Crippen molar-refractivity contribution in [2.24, 2.45) is 0 Å². The monoisotopic (exact) mass is 274 g/mol. The number of esters is 1. The van der Waals surface area contributed by atoms with Gasteiger partial charge in [0.2, 0.25) is 5.75 Å². The van der Waals surface area contributed by atoms with Gasteiger partial charge < -0.3 is 18.3 Å². The van der Waals surface area contributed by atoms with Gasteiger partial charge >= 0.3 is 11.6 Å². The van der Waals surface area contributed by atoms with Crippen molar-refractivity contribution in [3.05, 3.63) is 34.9 Å². The van der Waals surface area contributed by atoms with Gasteiger partial charge in [0.1, 0.15) is 5.75 Å². The summed E-state index contributed by atoms with van der Waals surface area (Å²) in [5, 5.41) is 1.15. The minimum Gasteiger partial charge on any atom is -0.495 e. The quantitative estimate of drug-likeness (QED) is 0.406. The third-order valence-corrected chi connectivity index (χ3v) is 2.85. The summed E-state index contributed by atoms with van der Waals surface area (Å²) in [5.74, 6) is 0.0232. The van der Waals surface area contributed by atoms with Gasteiger partial charge in [0.05, 0.1) is 24.1 Å². The molecular formula is C14H10O6. The number of carbonyl (C=O) groups excluding carboxylic acids is 1. The van der Waals surface area contributed by atoms with E-state index in [1.807, 2.05) is 0 Å². The van der Waals surface area contributed by atoms with Gasteiger partial charge in [-0.3, -0.25) is 4.79 Å². The highest BCUT2D eigenvalue weighted by Gasteiger charge is 2.21. The summed E-state index contributed by atoms with van der Waals surface area (Å²) in [6.45, 7) is 1.26. The number of hydrogen-bond donors (Lipinski definition) is 0. The van der Waals surface area contributed by atoms with Gasteiger partial charge in [0.15, 0.2) is 11.2 Å². The minimum absolute atomic E-state index is 0.0750. The highest BCUT2D eigenvalue weighted by molar-refractivity contribution is 6.07. The zero-order chi connectivity index (χ0) is 14.3. The van der Waals surface area contributed by atoms with Crippen LogP contribution in [0.15, 0.2) is 38.1 Å². The van der Waals surface area contributed by atoms with Crippen LogP contribution in [0.1, 0.15) is 6.92 Å². The molecule has 3 aromatic rings. The van der Waals surface area contributed by atoms with Gasteiger partial charge in [-0.2, -0.15) is 0 Å². The van der Waals surface area contributed by atoms with Crippen LogP contribution in [0.5, 0.6) is 11.5 Å². The first-order valence-electron chi connectivity index (χ1n) is 5.81. The van der Waals surface area contributed by atoms with E-state index in [0.717, 1.165) is 0 Å². The minimum atomic E-state index is -0.557. The second-order valence-corrected chi connectivity index (χ2v) is 4.12. The Morgan fingerprint density at radius 1 is 1.10 bits per heavy atom. The lowest BCUT2D eigenvalue weighted by Crippen LogP contribution is -2.04. The van der Waals surface area contributed by atoms with E-state index in [-0.39, 0.29) is 11.3 Å². The molecule has 20 heavy (non-hydrogen) atoms. The molecule has 0 fully saturated rings. The molecular weight excluding hydrogens is 264 g/mol. The van der Waals surface area contributed by atoms with Gasteiger partial charge in [0, 0.05) is 13.0 Å². The molecule has 0 amide bonds. The van der Waals surface area contributed by atoms with E-state index in [1.54, 1.807) is 12.1 Å². The molecule has 1 aromatic carbocycles. The van der Waals surface area contributed by atoms with Crippen LogP contribution in [0.3, 0.4) is 0 Å². The molecule has 0 unspecified atom stereocenters. The summed E-state index contributed by atoms with van der Waals surface area (Å²) in [6.07, 6.45) is 1.44. The predicted octanol–water partition coefficient (Wildman–Crippen LogP) is 2.47. The molecule has 102 valence electrons. The first-order valence-corrected chi connectivity index (χ1v) is 5.81. The van der Waals surface area contributed by atoms with Gasteiger partial charge in [-0.1, -0.05) is 0 Å². The molecule has 2 heterocycles. The maximum absolute atomic E-state index is 11.4. The standard InChI is InChI=1S/C14H10O6/c1-7(15)19-14-12-9(5-6-18-12)11(17-2)8-3-4-10(16)20-13(8)14/h3-6H,1-2H3. The smallest absolute Gasteiger partial charge is 0.336 e. The van der Waals surface area contributed by atoms with Crippen LogP contribution >= 0.6 is 0 Å². The fraction of sp³-hybridized carbons (Fsp3) is 0.143. The van der Waals surface area contributed by atoms with Crippen molar-refractivity contribution >= 4 is 27.9 Å². The third-order valence-electron chi connectivity index (χ3n) is 2.85. The number of rotatable bonds is 2. The maximum atomic E-state index is 11.4. The summed E-state index contributed by atoms with van der Waals surface area (Å²) in [7, 11) is 1.50. The van der Waals surface area contributed by atoms with Crippen molar-refractivity contribution in [2.45, 2.75) is 6.92 Å². The molecule has 0 radical (unpaired) electrons. The van der Waals surface area contributed by atoms with Crippen LogP contribution in [-0.4, -0.2) is 13.1 Å². The Bertz CT molecular complexity index is 870. The molecule has 0 spiro atoms. The van der Waals surface area contributed by atoms with Crippen molar-refractivity contribution in [3.8, 4) is 11.5 Å². The summed E-state index contributed by atoms with van der Waals surface area (Å²) in [5.41, 5.74) is -0.148. The van der Waals surface area contributed by atoms with Gasteiger partial charge in [0.25, 0.3) is 0 Å². The Kier molecular flexibility index (Phi) is 2.71. The van der Waals surface area contributed by atoms with Crippen molar-refractivity contribution in [2.75, 3.05) is 7.11 Å². The Morgan fingerprint density at radius 3 is 2.55 bits per heavy atom. The van der Waals surface area contributed by atoms with Gasteiger partial charge in [-0.15, -0.1) is 0 Å². The fourth-order valence-electron chi connectivity index (χ4n) is 2.13. The molecule has 3 rings (SSSR count). The lowest BCUT2D eigenvalue weighted by atomic mass is 10.1. The second kappa shape index (κ2) is 4.41. The van der Waals surface area contributed by atoms with Crippen molar-refractivity contribution < 1.29 is 23.1 Å². The molecule has 2 aromatic heterocycles. The van der Waals surface area contributed by atoms with E-state index < -0.39 is 11.6 Å². The average Bonchev–Trinajstić information content (AvgIpc) is 2.87. The number of hydrogen-bond acceptors (Lipinski definition) is 6. The first kappa shape index (κ1) is 12.3. The van der Waals surface area contributed by atoms with Crippen molar-refractivity contribution in [3.63, 3.8) is 0 Å². The fourth-order valence-corrected chi connectivity index (χ4v) is 2.13. The Labute approximate surface area is 112 Å². The van der Waals surface area contributed by atoms with Gasteiger partial charge in [-0.25, -0.2) is 4.79 Å². The van der Waals surface area contributed by atoms with E-state index in [4.69, 9.17) is 18.3 Å². The Morgan fingerprint density at radius 2 is 1.85 bits per heavy atom. The molecule has 0 aliphatic heterocycles. The molecule has 0 bridgehead atoms. The van der Waals surface area contributed by atoms with Crippen LogP contribution in [0.4, 0.5) is 0 Å². The largest absolute Gasteiger partial charge is 0.495 e. The number of methoxy groups -OCH3 is 1. The number of ether oxygens (including phenoxy) is 2. The topological polar surface area (TPSA) is 78.9 Å². The number of carbonyl (C=O) groups is 1. The lowest BCUT2D eigenvalue weighted by Gasteiger charge is -2.10. The van der Waals surface area contributed by atoms with E-state index in [0.29, 0.717) is 22.1 Å². The van der Waals surface area contributed by atoms with Crippen molar-refractivity contribution in [1.82, 2.24) is 0 Å². The first-order chi connectivity index (χ1) is 9.61. The summed E-state index contributed by atoms with van der Waals surface area (Å²) < 4.78 is 20.9. The Hall–Kier alpha value is -2.76. The van der Waals surface area contributed by atoms with E-state index in [2.05, 4.69) is 0 Å². The summed E-state index contributed by atoms with van der Waals surface area (Å²) in [4.78, 5) is 22.7. The SMILES string of the molecule is COc1c2ccoc2c(OC(C)=O)c2oc(=O)ccc12. The molecule has 0 saturated heterocycles. The predicted molar refractivity (Wildman–Crippen MR) is 70.1 cm³/mol.